The van der Waals surface area contributed by atoms with Crippen LogP contribution in [0.4, 0.5) is 0 Å². The summed E-state index contributed by atoms with van der Waals surface area (Å²) in [6.45, 7) is 48.9. The van der Waals surface area contributed by atoms with Gasteiger partial charge in [0, 0.05) is 175 Å². The second kappa shape index (κ2) is 89.1. The minimum absolute atomic E-state index is 0. The van der Waals surface area contributed by atoms with Gasteiger partial charge in [-0.25, -0.2) is 32.1 Å². The van der Waals surface area contributed by atoms with Crippen molar-refractivity contribution in [1.82, 2.24) is 0 Å². The molecule has 0 spiro atoms. The van der Waals surface area contributed by atoms with Gasteiger partial charge in [0.15, 0.2) is 0 Å². The molecule has 3 nitrogen and oxygen atoms in total. The molecule has 0 amide bonds. The Morgan fingerprint density at radius 3 is 1.39 bits per heavy atom. The summed E-state index contributed by atoms with van der Waals surface area (Å²) in [5.41, 5.74) is 7.85. The van der Waals surface area contributed by atoms with Crippen molar-refractivity contribution < 1.29 is 183 Å². The number of allylic oxidation sites excluding steroid dienone is 5. The molecule has 0 atom stereocenters. The smallest absolute Gasteiger partial charge is 0.119 e. The number of ether oxygens (including phenoxy) is 3. The third-order valence-electron chi connectivity index (χ3n) is 8.69. The van der Waals surface area contributed by atoms with Gasteiger partial charge in [-0.1, -0.05) is 176 Å². The fourth-order valence-electron chi connectivity index (χ4n) is 5.07. The first-order chi connectivity index (χ1) is 33.1. The molecule has 0 unspecified atom stereocenters. The summed E-state index contributed by atoms with van der Waals surface area (Å²) in [4.78, 5) is 0. The van der Waals surface area contributed by atoms with E-state index in [0.717, 1.165) is 120 Å². The average Bonchev–Trinajstić information content (AvgIpc) is 3.38. The molecule has 0 aliphatic carbocycles. The second-order valence-electron chi connectivity index (χ2n) is 14.6. The Bertz CT molecular complexity index is 1740. The second-order valence-corrected chi connectivity index (χ2v) is 14.6. The van der Waals surface area contributed by atoms with E-state index >= 15 is 0 Å². The molecule has 0 aromatic heterocycles. The molecule has 0 radical (unpaired) electrons. The van der Waals surface area contributed by atoms with Gasteiger partial charge in [-0.05, 0) is 73.4 Å². The number of hydrogen-bond donors (Lipinski definition) is 0. The van der Waals surface area contributed by atoms with Crippen LogP contribution in [0.1, 0.15) is 140 Å². The molecular formula is C65H96O3W8-8. The van der Waals surface area contributed by atoms with Crippen molar-refractivity contribution in [3.05, 3.63) is 216 Å². The van der Waals surface area contributed by atoms with E-state index in [9.17, 15) is 0 Å². The van der Waals surface area contributed by atoms with Crippen LogP contribution in [0.5, 0.6) is 11.5 Å². The molecule has 0 aliphatic rings. The van der Waals surface area contributed by atoms with E-state index < -0.39 is 0 Å². The standard InChI is InChI=1S/C12H15O.C12H17O.2C10H13.C6H11.C5H11O.C5H9.C5H7.8W/c1-3-7-11-8-5-6-9-12(11)13-10-4-2;1-3-6-11-7-5-8-12(10-11)13-9-4-2;1-3-9-5-7-10(4-2)8-6-9;1-3-9-6-5-7-10(4-2)8-9;2*1-3-5-6-4-2;2*1-3-5-4-2;;;;;;;;/h3,5-9H,1,4,10H2,2H3;5,7-8,10H,1,3-4,6,9H2,2H3;2*5-8H,1,3-4H2,2H3;5-6H,1,3-4H2,2H3;2-5H2,1H3;3,5H,1,4H2,2H3;1,4H2,2H3;;;;;;;;/q8*-1;;;;;;;;/b7-3+;;;;6-5+;;5-3-;;;;;;;;;. The van der Waals surface area contributed by atoms with Crippen LogP contribution in [0.3, 0.4) is 0 Å². The zero-order valence-corrected chi connectivity index (χ0v) is 71.3. The van der Waals surface area contributed by atoms with Gasteiger partial charge in [-0.2, -0.15) is 38.7 Å². The van der Waals surface area contributed by atoms with E-state index in [1.165, 1.54) is 27.8 Å². The van der Waals surface area contributed by atoms with Crippen LogP contribution in [-0.4, -0.2) is 26.4 Å². The van der Waals surface area contributed by atoms with Crippen LogP contribution in [0, 0.1) is 67.2 Å². The van der Waals surface area contributed by atoms with Gasteiger partial charge in [0.05, 0.1) is 13.2 Å². The first-order valence-corrected chi connectivity index (χ1v) is 25.1. The predicted molar refractivity (Wildman–Crippen MR) is 306 cm³/mol. The van der Waals surface area contributed by atoms with E-state index in [4.69, 9.17) is 14.2 Å². The summed E-state index contributed by atoms with van der Waals surface area (Å²) >= 11 is 0. The summed E-state index contributed by atoms with van der Waals surface area (Å²) in [6.07, 6.45) is 25.0. The molecule has 430 valence electrons. The minimum Gasteiger partial charge on any atom is -0.495 e. The SMILES string of the molecule is [CH2-]/C=C/c1ccccc1OCCC.[CH2-]/C=C\CC.[CH2-]C#CCC.[CH2-]C/C=C/CC.[CH2-]CCc1cccc(OCCC)c1.[CH2-]COCCC.[CH2-]Cc1ccc(CC)cc1.[CH2-]Cc1cccc(CC)c1.[W].[W].[W].[W].[W].[W].[W].[W]. The topological polar surface area (TPSA) is 27.7 Å². The van der Waals surface area contributed by atoms with Gasteiger partial charge >= 0.3 is 0 Å². The third kappa shape index (κ3) is 74.3. The fourth-order valence-corrected chi connectivity index (χ4v) is 5.07. The van der Waals surface area contributed by atoms with Crippen LogP contribution in [0.25, 0.3) is 6.08 Å². The molecule has 76 heavy (non-hydrogen) atoms. The molecule has 0 heterocycles. The number of aryl methyl sites for hydroxylation is 3. The number of hydrogen-bond acceptors (Lipinski definition) is 3. The first kappa shape index (κ1) is 105. The Morgan fingerprint density at radius 1 is 0.487 bits per heavy atom. The zero-order chi connectivity index (χ0) is 51.7. The van der Waals surface area contributed by atoms with Crippen molar-refractivity contribution in [3.8, 4) is 23.3 Å². The van der Waals surface area contributed by atoms with E-state index in [2.05, 4.69) is 189 Å². The van der Waals surface area contributed by atoms with Crippen molar-refractivity contribution in [2.75, 3.05) is 26.4 Å². The molecule has 0 bridgehead atoms. The van der Waals surface area contributed by atoms with Gasteiger partial charge in [0.25, 0.3) is 0 Å². The van der Waals surface area contributed by atoms with Crippen LogP contribution in [0.2, 0.25) is 0 Å². The minimum atomic E-state index is 0. The first-order valence-electron chi connectivity index (χ1n) is 25.1. The summed E-state index contributed by atoms with van der Waals surface area (Å²) in [5.74, 6) is 7.18. The Kier molecular flexibility index (Phi) is 123. The largest absolute Gasteiger partial charge is 0.495 e. The Labute approximate surface area is 586 Å². The van der Waals surface area contributed by atoms with E-state index in [0.29, 0.717) is 6.61 Å². The van der Waals surface area contributed by atoms with Crippen molar-refractivity contribution in [2.45, 2.75) is 139 Å². The van der Waals surface area contributed by atoms with Crippen molar-refractivity contribution in [1.29, 1.82) is 0 Å². The molecule has 0 saturated heterocycles. The predicted octanol–water partition coefficient (Wildman–Crippen LogP) is 18.2. The van der Waals surface area contributed by atoms with Crippen molar-refractivity contribution >= 4 is 6.08 Å². The van der Waals surface area contributed by atoms with Crippen molar-refractivity contribution in [2.24, 2.45) is 0 Å². The Morgan fingerprint density at radius 2 is 1.00 bits per heavy atom. The molecule has 0 fully saturated rings. The van der Waals surface area contributed by atoms with E-state index in [1.807, 2.05) is 55.5 Å². The molecule has 0 N–H and O–H groups in total. The van der Waals surface area contributed by atoms with Crippen molar-refractivity contribution in [3.63, 3.8) is 0 Å². The Balaban J connectivity index is -0.0000000622. The number of para-hydroxylation sites is 1. The van der Waals surface area contributed by atoms with Gasteiger partial charge in [-0.15, -0.1) is 12.5 Å². The van der Waals surface area contributed by atoms with Gasteiger partial charge in [-0.3, -0.25) is 5.92 Å². The van der Waals surface area contributed by atoms with Crippen LogP contribution >= 0.6 is 0 Å². The number of benzene rings is 4. The van der Waals surface area contributed by atoms with Gasteiger partial charge < -0.3 is 54.7 Å². The molecule has 11 heteroatoms. The fraction of sp³-hybridized carbons (Fsp3) is 0.385. The van der Waals surface area contributed by atoms with Crippen LogP contribution in [-0.2, 0) is 205 Å². The Hall–Kier alpha value is 0.336. The maximum absolute atomic E-state index is 5.56. The molecule has 4 aromatic carbocycles. The van der Waals surface area contributed by atoms with Gasteiger partial charge in [0.2, 0.25) is 0 Å². The molecule has 0 saturated carbocycles. The number of rotatable bonds is 19. The summed E-state index contributed by atoms with van der Waals surface area (Å²) in [5, 5.41) is 0. The van der Waals surface area contributed by atoms with E-state index in [-0.39, 0.29) is 169 Å². The molecule has 0 aliphatic heterocycles. The quantitative estimate of drug-likeness (QED) is 0.0405. The summed E-state index contributed by atoms with van der Waals surface area (Å²) < 4.78 is 16.0. The molecular weight excluding hydrogens is 2300 g/mol. The maximum atomic E-state index is 5.56. The molecule has 4 aromatic rings. The molecule has 4 rings (SSSR count). The van der Waals surface area contributed by atoms with Crippen LogP contribution in [0.15, 0.2) is 127 Å². The maximum Gasteiger partial charge on any atom is 0.119 e. The monoisotopic (exact) mass is 2400 g/mol. The van der Waals surface area contributed by atoms with E-state index in [1.54, 1.807) is 12.2 Å². The average molecular weight is 2400 g/mol. The zero-order valence-electron chi connectivity index (χ0n) is 47.9. The normalized spacial score (nSPS) is 8.59. The van der Waals surface area contributed by atoms with Crippen LogP contribution < -0.4 is 9.47 Å². The van der Waals surface area contributed by atoms with Gasteiger partial charge in [0.1, 0.15) is 11.5 Å². The summed E-state index contributed by atoms with van der Waals surface area (Å²) in [7, 11) is 0. The third-order valence-corrected chi connectivity index (χ3v) is 8.69. The summed E-state index contributed by atoms with van der Waals surface area (Å²) in [6, 6.07) is 33.4.